The lowest BCUT2D eigenvalue weighted by Crippen LogP contribution is -2.05. The second-order valence-corrected chi connectivity index (χ2v) is 6.72. The van der Waals surface area contributed by atoms with E-state index in [1.54, 1.807) is 24.3 Å². The lowest BCUT2D eigenvalue weighted by atomic mass is 10.2. The van der Waals surface area contributed by atoms with Crippen molar-refractivity contribution in [3.05, 3.63) is 48.0 Å². The molecule has 1 aromatic carbocycles. The molecule has 5 nitrogen and oxygen atoms in total. The molecule has 2 aromatic rings. The van der Waals surface area contributed by atoms with Gasteiger partial charge in [0.05, 0.1) is 4.90 Å². The van der Waals surface area contributed by atoms with Crippen molar-refractivity contribution in [1.82, 2.24) is 4.98 Å². The van der Waals surface area contributed by atoms with E-state index in [0.29, 0.717) is 11.4 Å². The van der Waals surface area contributed by atoms with Crippen molar-refractivity contribution < 1.29 is 8.42 Å². The van der Waals surface area contributed by atoms with E-state index >= 15 is 0 Å². The summed E-state index contributed by atoms with van der Waals surface area (Å²) in [7, 11) is -3.14. The van der Waals surface area contributed by atoms with E-state index in [1.807, 2.05) is 25.1 Å². The molecule has 0 unspecified atom stereocenters. The fraction of sp³-hybridized carbons (Fsp3) is 0.267. The van der Waals surface area contributed by atoms with Crippen LogP contribution in [0.4, 0.5) is 11.6 Å². The monoisotopic (exact) mass is 305 g/mol. The van der Waals surface area contributed by atoms with Crippen LogP contribution in [0.1, 0.15) is 12.5 Å². The maximum absolute atomic E-state index is 11.4. The van der Waals surface area contributed by atoms with Gasteiger partial charge in [-0.25, -0.2) is 13.4 Å². The third-order valence-electron chi connectivity index (χ3n) is 2.93. The van der Waals surface area contributed by atoms with Gasteiger partial charge < -0.3 is 10.6 Å². The number of sulfone groups is 1. The molecule has 0 atom stereocenters. The molecule has 0 spiro atoms. The summed E-state index contributed by atoms with van der Waals surface area (Å²) in [6.45, 7) is 3.43. The minimum atomic E-state index is -3.14. The summed E-state index contributed by atoms with van der Waals surface area (Å²) in [5.41, 5.74) is 0.998. The zero-order chi connectivity index (χ0) is 15.3. The second kappa shape index (κ2) is 6.58. The molecular weight excluding hydrogens is 286 g/mol. The zero-order valence-corrected chi connectivity index (χ0v) is 12.9. The molecule has 0 aliphatic carbocycles. The molecule has 0 fully saturated rings. The van der Waals surface area contributed by atoms with Crippen LogP contribution in [0.5, 0.6) is 0 Å². The highest BCUT2D eigenvalue weighted by molar-refractivity contribution is 7.90. The largest absolute Gasteiger partial charge is 0.370 e. The minimum Gasteiger partial charge on any atom is -0.370 e. The van der Waals surface area contributed by atoms with E-state index in [0.717, 1.165) is 23.7 Å². The lowest BCUT2D eigenvalue weighted by Gasteiger charge is -2.08. The van der Waals surface area contributed by atoms with Gasteiger partial charge in [-0.2, -0.15) is 0 Å². The Bertz CT molecular complexity index is 697. The molecule has 1 aromatic heterocycles. The molecule has 0 aliphatic rings. The number of nitrogens with zero attached hydrogens (tertiary/aromatic N) is 1. The quantitative estimate of drug-likeness (QED) is 0.858. The molecular formula is C15H19N3O2S. The highest BCUT2D eigenvalue weighted by Gasteiger charge is 2.06. The summed E-state index contributed by atoms with van der Waals surface area (Å²) in [4.78, 5) is 4.75. The Morgan fingerprint density at radius 2 is 1.62 bits per heavy atom. The number of aromatic nitrogens is 1. The van der Waals surface area contributed by atoms with E-state index < -0.39 is 9.84 Å². The maximum Gasteiger partial charge on any atom is 0.175 e. The van der Waals surface area contributed by atoms with Crippen LogP contribution in [0, 0.1) is 0 Å². The number of benzene rings is 1. The van der Waals surface area contributed by atoms with Gasteiger partial charge in [0.1, 0.15) is 11.6 Å². The molecule has 6 heteroatoms. The van der Waals surface area contributed by atoms with Crippen molar-refractivity contribution in [3.63, 3.8) is 0 Å². The minimum absolute atomic E-state index is 0.332. The first-order valence-electron chi connectivity index (χ1n) is 6.73. The van der Waals surface area contributed by atoms with Crippen molar-refractivity contribution >= 4 is 21.5 Å². The van der Waals surface area contributed by atoms with Crippen molar-refractivity contribution in [3.8, 4) is 0 Å². The molecule has 0 bridgehead atoms. The summed E-state index contributed by atoms with van der Waals surface area (Å²) in [6.07, 6.45) is 1.20. The average Bonchev–Trinajstić information content (AvgIpc) is 2.45. The second-order valence-electron chi connectivity index (χ2n) is 4.71. The summed E-state index contributed by atoms with van der Waals surface area (Å²) in [6, 6.07) is 12.6. The van der Waals surface area contributed by atoms with Gasteiger partial charge in [-0.1, -0.05) is 18.2 Å². The van der Waals surface area contributed by atoms with E-state index in [4.69, 9.17) is 0 Å². The lowest BCUT2D eigenvalue weighted by molar-refractivity contribution is 0.602. The Hall–Kier alpha value is -2.08. The van der Waals surface area contributed by atoms with Crippen LogP contribution in [-0.2, 0) is 16.4 Å². The predicted octanol–water partition coefficient (Wildman–Crippen LogP) is 2.53. The maximum atomic E-state index is 11.4. The van der Waals surface area contributed by atoms with Crippen molar-refractivity contribution in [2.45, 2.75) is 18.4 Å². The fourth-order valence-corrected chi connectivity index (χ4v) is 2.49. The first-order valence-corrected chi connectivity index (χ1v) is 8.62. The molecule has 2 N–H and O–H groups in total. The highest BCUT2D eigenvalue weighted by atomic mass is 32.2. The third-order valence-corrected chi connectivity index (χ3v) is 4.06. The van der Waals surface area contributed by atoms with Crippen LogP contribution in [0.25, 0.3) is 0 Å². The van der Waals surface area contributed by atoms with Crippen LogP contribution in [-0.4, -0.2) is 26.2 Å². The molecule has 112 valence electrons. The van der Waals surface area contributed by atoms with E-state index in [2.05, 4.69) is 15.6 Å². The van der Waals surface area contributed by atoms with Gasteiger partial charge >= 0.3 is 0 Å². The van der Waals surface area contributed by atoms with Gasteiger partial charge in [0, 0.05) is 19.3 Å². The van der Waals surface area contributed by atoms with Gasteiger partial charge in [0.25, 0.3) is 0 Å². The Labute approximate surface area is 125 Å². The van der Waals surface area contributed by atoms with E-state index in [1.165, 1.54) is 6.26 Å². The number of pyridine rings is 1. The Kier molecular flexibility index (Phi) is 4.80. The normalized spacial score (nSPS) is 11.1. The molecule has 0 aliphatic heterocycles. The topological polar surface area (TPSA) is 71.1 Å². The van der Waals surface area contributed by atoms with Crippen LogP contribution in [0.3, 0.4) is 0 Å². The summed E-state index contributed by atoms with van der Waals surface area (Å²) in [5.74, 6) is 1.61. The van der Waals surface area contributed by atoms with Crippen LogP contribution >= 0.6 is 0 Å². The van der Waals surface area contributed by atoms with Crippen LogP contribution in [0.15, 0.2) is 47.4 Å². The standard InChI is InChI=1S/C15H19N3O2S/c1-3-16-14-5-4-6-15(18-14)17-11-12-7-9-13(10-8-12)21(2,19)20/h4-10H,3,11H2,1-2H3,(H2,16,17,18). The molecule has 0 radical (unpaired) electrons. The Morgan fingerprint density at radius 1 is 1.00 bits per heavy atom. The fourth-order valence-electron chi connectivity index (χ4n) is 1.86. The summed E-state index contributed by atoms with van der Waals surface area (Å²) < 4.78 is 22.8. The van der Waals surface area contributed by atoms with Gasteiger partial charge in [-0.3, -0.25) is 0 Å². The first kappa shape index (κ1) is 15.3. The van der Waals surface area contributed by atoms with Gasteiger partial charge in [-0.15, -0.1) is 0 Å². The van der Waals surface area contributed by atoms with Gasteiger partial charge in [0.2, 0.25) is 0 Å². The average molecular weight is 305 g/mol. The Balaban J connectivity index is 2.01. The summed E-state index contributed by atoms with van der Waals surface area (Å²) in [5, 5.41) is 6.37. The highest BCUT2D eigenvalue weighted by Crippen LogP contribution is 2.13. The molecule has 21 heavy (non-hydrogen) atoms. The number of hydrogen-bond acceptors (Lipinski definition) is 5. The van der Waals surface area contributed by atoms with Crippen LogP contribution in [0.2, 0.25) is 0 Å². The van der Waals surface area contributed by atoms with Crippen molar-refractivity contribution in [1.29, 1.82) is 0 Å². The molecule has 0 saturated carbocycles. The SMILES string of the molecule is CCNc1cccc(NCc2ccc(S(C)(=O)=O)cc2)n1. The molecule has 1 heterocycles. The van der Waals surface area contributed by atoms with Gasteiger partial charge in [0.15, 0.2) is 9.84 Å². The van der Waals surface area contributed by atoms with Crippen molar-refractivity contribution in [2.75, 3.05) is 23.4 Å². The predicted molar refractivity (Wildman–Crippen MR) is 85.3 cm³/mol. The molecule has 2 rings (SSSR count). The number of rotatable bonds is 6. The third kappa shape index (κ3) is 4.46. The number of hydrogen-bond donors (Lipinski definition) is 2. The molecule has 0 saturated heterocycles. The zero-order valence-electron chi connectivity index (χ0n) is 12.1. The van der Waals surface area contributed by atoms with E-state index in [-0.39, 0.29) is 0 Å². The smallest absolute Gasteiger partial charge is 0.175 e. The summed E-state index contributed by atoms with van der Waals surface area (Å²) >= 11 is 0. The van der Waals surface area contributed by atoms with Gasteiger partial charge in [-0.05, 0) is 36.8 Å². The number of nitrogens with one attached hydrogen (secondary N) is 2. The first-order chi connectivity index (χ1) is 9.99. The number of anilines is 2. The Morgan fingerprint density at radius 3 is 2.19 bits per heavy atom. The van der Waals surface area contributed by atoms with Crippen LogP contribution < -0.4 is 10.6 Å². The van der Waals surface area contributed by atoms with Crippen molar-refractivity contribution in [2.24, 2.45) is 0 Å². The molecule has 0 amide bonds. The van der Waals surface area contributed by atoms with E-state index in [9.17, 15) is 8.42 Å².